The van der Waals surface area contributed by atoms with Crippen molar-refractivity contribution in [3.63, 3.8) is 0 Å². The molecular formula is C22H23FO5. The van der Waals surface area contributed by atoms with E-state index in [4.69, 9.17) is 19.0 Å². The Kier molecular flexibility index (Phi) is 6.31. The quantitative estimate of drug-likeness (QED) is 0.444. The predicted molar refractivity (Wildman–Crippen MR) is 103 cm³/mol. The minimum atomic E-state index is -0.360. The van der Waals surface area contributed by atoms with Crippen molar-refractivity contribution in [1.29, 1.82) is 0 Å². The minimum absolute atomic E-state index is 0.0309. The van der Waals surface area contributed by atoms with Crippen LogP contribution in [-0.2, 0) is 29.0 Å². The number of fused-ring (bicyclic) bond motifs is 1. The van der Waals surface area contributed by atoms with Crippen LogP contribution in [0.3, 0.4) is 0 Å². The maximum Gasteiger partial charge on any atom is 0.293 e. The summed E-state index contributed by atoms with van der Waals surface area (Å²) in [6.07, 6.45) is 1.01. The average molecular weight is 386 g/mol. The lowest BCUT2D eigenvalue weighted by Crippen LogP contribution is -2.03. The molecule has 0 saturated carbocycles. The highest BCUT2D eigenvalue weighted by atomic mass is 19.1. The Morgan fingerprint density at radius 2 is 1.93 bits per heavy atom. The number of halogens is 1. The van der Waals surface area contributed by atoms with E-state index in [1.165, 1.54) is 12.1 Å². The molecule has 0 saturated heterocycles. The van der Waals surface area contributed by atoms with Crippen LogP contribution in [0.4, 0.5) is 4.39 Å². The second-order valence-electron chi connectivity index (χ2n) is 6.65. The number of ether oxygens (including phenoxy) is 2. The standard InChI is InChI=1S/C22H23FO5/c1-14-15(2)21(4-3-16(14)6-8-26-13-25)27-12-18-10-19(23)9-17-11-20(5-7-24)28-22(17)18/h3-4,9-11,13,24H,5-8,12H2,1-2H3. The maximum absolute atomic E-state index is 14.0. The van der Waals surface area contributed by atoms with E-state index in [0.29, 0.717) is 54.0 Å². The minimum Gasteiger partial charge on any atom is -0.488 e. The van der Waals surface area contributed by atoms with Crippen molar-refractivity contribution < 1.29 is 28.2 Å². The molecule has 5 nitrogen and oxygen atoms in total. The molecule has 0 aliphatic carbocycles. The van der Waals surface area contributed by atoms with Gasteiger partial charge in [0.05, 0.1) is 13.2 Å². The van der Waals surface area contributed by atoms with Crippen LogP contribution in [0.2, 0.25) is 0 Å². The molecule has 0 spiro atoms. The van der Waals surface area contributed by atoms with Crippen LogP contribution in [0.5, 0.6) is 5.75 Å². The van der Waals surface area contributed by atoms with Crippen molar-refractivity contribution in [1.82, 2.24) is 0 Å². The molecule has 148 valence electrons. The molecule has 0 aliphatic heterocycles. The van der Waals surface area contributed by atoms with Crippen LogP contribution in [0.1, 0.15) is 28.0 Å². The predicted octanol–water partition coefficient (Wildman–Crippen LogP) is 4.02. The van der Waals surface area contributed by atoms with Gasteiger partial charge in [-0.15, -0.1) is 0 Å². The lowest BCUT2D eigenvalue weighted by Gasteiger charge is -2.14. The lowest BCUT2D eigenvalue weighted by molar-refractivity contribution is -0.128. The van der Waals surface area contributed by atoms with Gasteiger partial charge in [-0.3, -0.25) is 4.79 Å². The van der Waals surface area contributed by atoms with E-state index in [2.05, 4.69) is 0 Å². The van der Waals surface area contributed by atoms with Gasteiger partial charge in [-0.1, -0.05) is 6.07 Å². The highest BCUT2D eigenvalue weighted by molar-refractivity contribution is 5.81. The number of aliphatic hydroxyl groups excluding tert-OH is 1. The molecule has 1 aromatic heterocycles. The summed E-state index contributed by atoms with van der Waals surface area (Å²) >= 11 is 0. The van der Waals surface area contributed by atoms with Gasteiger partial charge in [-0.2, -0.15) is 0 Å². The summed E-state index contributed by atoms with van der Waals surface area (Å²) < 4.78 is 30.5. The van der Waals surface area contributed by atoms with Gasteiger partial charge in [0.1, 0.15) is 29.5 Å². The van der Waals surface area contributed by atoms with Gasteiger partial charge < -0.3 is 19.0 Å². The van der Waals surface area contributed by atoms with Gasteiger partial charge in [0.2, 0.25) is 0 Å². The number of carbonyl (C=O) groups excluding carboxylic acids is 1. The van der Waals surface area contributed by atoms with Gasteiger partial charge >= 0.3 is 0 Å². The summed E-state index contributed by atoms with van der Waals surface area (Å²) in [6.45, 7) is 4.86. The van der Waals surface area contributed by atoms with E-state index >= 15 is 0 Å². The van der Waals surface area contributed by atoms with E-state index < -0.39 is 0 Å². The normalized spacial score (nSPS) is 11.0. The van der Waals surface area contributed by atoms with Gasteiger partial charge in [0, 0.05) is 23.8 Å². The number of aliphatic hydroxyl groups is 1. The zero-order chi connectivity index (χ0) is 20.1. The largest absolute Gasteiger partial charge is 0.488 e. The zero-order valence-corrected chi connectivity index (χ0v) is 16.0. The monoisotopic (exact) mass is 386 g/mol. The lowest BCUT2D eigenvalue weighted by atomic mass is 10.0. The molecule has 0 unspecified atom stereocenters. The topological polar surface area (TPSA) is 68.9 Å². The maximum atomic E-state index is 14.0. The van der Waals surface area contributed by atoms with Crippen molar-refractivity contribution in [3.05, 3.63) is 64.2 Å². The van der Waals surface area contributed by atoms with E-state index in [-0.39, 0.29) is 19.0 Å². The van der Waals surface area contributed by atoms with Crippen molar-refractivity contribution in [2.45, 2.75) is 33.3 Å². The second kappa shape index (κ2) is 8.89. The third kappa shape index (κ3) is 4.34. The summed E-state index contributed by atoms with van der Waals surface area (Å²) in [5.74, 6) is 0.955. The van der Waals surface area contributed by atoms with E-state index in [1.54, 1.807) is 6.07 Å². The van der Waals surface area contributed by atoms with E-state index in [9.17, 15) is 9.18 Å². The molecular weight excluding hydrogens is 363 g/mol. The fourth-order valence-electron chi connectivity index (χ4n) is 3.23. The molecule has 0 amide bonds. The van der Waals surface area contributed by atoms with Crippen LogP contribution < -0.4 is 4.74 Å². The Hall–Kier alpha value is -2.86. The molecule has 3 aromatic rings. The molecule has 28 heavy (non-hydrogen) atoms. The SMILES string of the molecule is Cc1c(CCOC=O)ccc(OCc2cc(F)cc3cc(CCO)oc23)c1C. The van der Waals surface area contributed by atoms with Gasteiger partial charge in [-0.05, 0) is 54.8 Å². The Labute approximate surface area is 162 Å². The smallest absolute Gasteiger partial charge is 0.293 e. The summed E-state index contributed by atoms with van der Waals surface area (Å²) in [7, 11) is 0. The molecule has 0 aliphatic rings. The van der Waals surface area contributed by atoms with E-state index in [0.717, 1.165) is 16.7 Å². The Bertz CT molecular complexity index is 977. The van der Waals surface area contributed by atoms with Gasteiger partial charge in [0.25, 0.3) is 6.47 Å². The van der Waals surface area contributed by atoms with Crippen LogP contribution in [0.15, 0.2) is 34.7 Å². The fraction of sp³-hybridized carbons (Fsp3) is 0.318. The Balaban J connectivity index is 1.80. The van der Waals surface area contributed by atoms with Crippen LogP contribution in [-0.4, -0.2) is 24.8 Å². The first-order chi connectivity index (χ1) is 13.5. The Morgan fingerprint density at radius 1 is 1.11 bits per heavy atom. The zero-order valence-electron chi connectivity index (χ0n) is 16.0. The van der Waals surface area contributed by atoms with Gasteiger partial charge in [-0.25, -0.2) is 4.39 Å². The molecule has 0 atom stereocenters. The first kappa shape index (κ1) is 19.9. The third-order valence-corrected chi connectivity index (χ3v) is 4.86. The number of furan rings is 1. The summed E-state index contributed by atoms with van der Waals surface area (Å²) in [5.41, 5.74) is 4.32. The number of benzene rings is 2. The second-order valence-corrected chi connectivity index (χ2v) is 6.65. The number of hydrogen-bond donors (Lipinski definition) is 1. The molecule has 3 rings (SSSR count). The molecule has 2 aromatic carbocycles. The molecule has 1 heterocycles. The summed E-state index contributed by atoms with van der Waals surface area (Å²) in [6, 6.07) is 8.37. The number of carbonyl (C=O) groups is 1. The Morgan fingerprint density at radius 3 is 2.68 bits per heavy atom. The van der Waals surface area contributed by atoms with Crippen molar-refractivity contribution in [2.75, 3.05) is 13.2 Å². The number of rotatable bonds is 9. The highest BCUT2D eigenvalue weighted by Crippen LogP contribution is 2.29. The molecule has 0 bridgehead atoms. The number of hydrogen-bond acceptors (Lipinski definition) is 5. The molecule has 6 heteroatoms. The van der Waals surface area contributed by atoms with Crippen molar-refractivity contribution >= 4 is 17.4 Å². The van der Waals surface area contributed by atoms with Gasteiger partial charge in [0.15, 0.2) is 0 Å². The average Bonchev–Trinajstić information content (AvgIpc) is 3.07. The molecule has 0 radical (unpaired) electrons. The van der Waals surface area contributed by atoms with Crippen molar-refractivity contribution in [3.8, 4) is 5.75 Å². The van der Waals surface area contributed by atoms with Crippen molar-refractivity contribution in [2.24, 2.45) is 0 Å². The molecule has 0 fully saturated rings. The van der Waals surface area contributed by atoms with E-state index in [1.807, 2.05) is 26.0 Å². The highest BCUT2D eigenvalue weighted by Gasteiger charge is 2.13. The van der Waals surface area contributed by atoms with Crippen LogP contribution in [0, 0.1) is 19.7 Å². The first-order valence-corrected chi connectivity index (χ1v) is 9.12. The van der Waals surface area contributed by atoms with Crippen LogP contribution >= 0.6 is 0 Å². The third-order valence-electron chi connectivity index (χ3n) is 4.86. The summed E-state index contributed by atoms with van der Waals surface area (Å²) in [5, 5.41) is 9.74. The first-order valence-electron chi connectivity index (χ1n) is 9.12. The molecule has 1 N–H and O–H groups in total. The fourth-order valence-corrected chi connectivity index (χ4v) is 3.23. The van der Waals surface area contributed by atoms with Crippen LogP contribution in [0.25, 0.3) is 11.0 Å². The summed E-state index contributed by atoms with van der Waals surface area (Å²) in [4.78, 5) is 10.3.